The van der Waals surface area contributed by atoms with Gasteiger partial charge in [0.25, 0.3) is 5.91 Å². The summed E-state index contributed by atoms with van der Waals surface area (Å²) in [5.74, 6) is -0.323. The van der Waals surface area contributed by atoms with Crippen LogP contribution in [0.15, 0.2) is 60.9 Å². The van der Waals surface area contributed by atoms with Crippen molar-refractivity contribution in [2.24, 2.45) is 0 Å². The van der Waals surface area contributed by atoms with Gasteiger partial charge in [-0.1, -0.05) is 41.9 Å². The first-order valence-electron chi connectivity index (χ1n) is 10.1. The van der Waals surface area contributed by atoms with Crippen LogP contribution in [0.2, 0.25) is 5.02 Å². The van der Waals surface area contributed by atoms with Gasteiger partial charge in [0.05, 0.1) is 17.8 Å². The number of nitrogens with two attached hydrogens (primary N) is 1. The maximum absolute atomic E-state index is 12.7. The van der Waals surface area contributed by atoms with Crippen LogP contribution in [-0.2, 0) is 13.1 Å². The lowest BCUT2D eigenvalue weighted by Gasteiger charge is -2.18. The molecule has 2 aromatic carbocycles. The molecule has 32 heavy (non-hydrogen) atoms. The van der Waals surface area contributed by atoms with Gasteiger partial charge >= 0.3 is 0 Å². The zero-order chi connectivity index (χ0) is 22.7. The predicted octanol–water partition coefficient (Wildman–Crippen LogP) is 3.92. The van der Waals surface area contributed by atoms with E-state index >= 15 is 0 Å². The minimum atomic E-state index is -0.406. The van der Waals surface area contributed by atoms with E-state index < -0.39 is 5.91 Å². The highest BCUT2D eigenvalue weighted by Gasteiger charge is 2.17. The Kier molecular flexibility index (Phi) is 6.30. The van der Waals surface area contributed by atoms with Gasteiger partial charge in [-0.05, 0) is 43.4 Å². The highest BCUT2D eigenvalue weighted by atomic mass is 35.5. The van der Waals surface area contributed by atoms with Crippen LogP contribution in [0.4, 0.5) is 5.82 Å². The molecule has 0 saturated carbocycles. The number of aromatic nitrogens is 3. The number of anilines is 1. The molecule has 0 spiro atoms. The zero-order valence-electron chi connectivity index (χ0n) is 17.8. The SMILES string of the molecule is CN(C)Cc1ccccc1-c1cc2c(Cl)cccc2nc1CNC(=O)c1nccnc1N. The van der Waals surface area contributed by atoms with E-state index in [9.17, 15) is 4.79 Å². The summed E-state index contributed by atoms with van der Waals surface area (Å²) in [5, 5.41) is 4.37. The smallest absolute Gasteiger partial charge is 0.274 e. The molecule has 0 aliphatic heterocycles. The second-order valence-electron chi connectivity index (χ2n) is 7.66. The Balaban J connectivity index is 1.78. The molecule has 0 radical (unpaired) electrons. The Bertz CT molecular complexity index is 1290. The number of amides is 1. The van der Waals surface area contributed by atoms with E-state index in [1.54, 1.807) is 0 Å². The van der Waals surface area contributed by atoms with Gasteiger partial charge in [0.15, 0.2) is 11.5 Å². The van der Waals surface area contributed by atoms with Gasteiger partial charge in [0.1, 0.15) is 0 Å². The van der Waals surface area contributed by atoms with Crippen LogP contribution >= 0.6 is 11.6 Å². The Morgan fingerprint density at radius 2 is 1.84 bits per heavy atom. The normalized spacial score (nSPS) is 11.1. The van der Waals surface area contributed by atoms with Crippen LogP contribution in [0.25, 0.3) is 22.0 Å². The molecule has 8 heteroatoms. The number of fused-ring (bicyclic) bond motifs is 1. The van der Waals surface area contributed by atoms with Gasteiger partial charge in [-0.2, -0.15) is 0 Å². The number of pyridine rings is 1. The van der Waals surface area contributed by atoms with Crippen LogP contribution in [-0.4, -0.2) is 39.9 Å². The summed E-state index contributed by atoms with van der Waals surface area (Å²) >= 11 is 6.47. The molecule has 2 aromatic heterocycles. The largest absolute Gasteiger partial charge is 0.382 e. The molecule has 3 N–H and O–H groups in total. The van der Waals surface area contributed by atoms with Gasteiger partial charge in [0.2, 0.25) is 0 Å². The standard InChI is InChI=1S/C24H23ClN6O/c1-31(2)14-15-6-3-4-7-16(15)17-12-18-19(25)8-5-9-20(18)30-21(17)13-29-24(32)22-23(26)28-11-10-27-22/h3-12H,13-14H2,1-2H3,(H2,26,28)(H,29,32). The minimum absolute atomic E-state index is 0.0832. The molecule has 0 saturated heterocycles. The molecule has 0 aliphatic carbocycles. The lowest BCUT2D eigenvalue weighted by Crippen LogP contribution is -2.26. The Labute approximate surface area is 191 Å². The van der Waals surface area contributed by atoms with E-state index in [1.807, 2.05) is 50.5 Å². The van der Waals surface area contributed by atoms with Crippen LogP contribution < -0.4 is 11.1 Å². The maximum Gasteiger partial charge on any atom is 0.274 e. The molecular weight excluding hydrogens is 424 g/mol. The number of hydrogen-bond donors (Lipinski definition) is 2. The van der Waals surface area contributed by atoms with Crippen molar-refractivity contribution in [2.75, 3.05) is 19.8 Å². The highest BCUT2D eigenvalue weighted by molar-refractivity contribution is 6.35. The molecule has 0 unspecified atom stereocenters. The van der Waals surface area contributed by atoms with Gasteiger partial charge in [-0.15, -0.1) is 0 Å². The fraction of sp³-hybridized carbons (Fsp3) is 0.167. The van der Waals surface area contributed by atoms with E-state index in [4.69, 9.17) is 22.3 Å². The summed E-state index contributed by atoms with van der Waals surface area (Å²) in [5.41, 5.74) is 10.5. The molecule has 0 aliphatic rings. The van der Waals surface area contributed by atoms with Gasteiger partial charge in [-0.25, -0.2) is 9.97 Å². The summed E-state index contributed by atoms with van der Waals surface area (Å²) in [6.45, 7) is 0.960. The zero-order valence-corrected chi connectivity index (χ0v) is 18.6. The van der Waals surface area contributed by atoms with Crippen molar-refractivity contribution in [1.29, 1.82) is 0 Å². The second-order valence-corrected chi connectivity index (χ2v) is 8.06. The lowest BCUT2D eigenvalue weighted by atomic mass is 9.96. The molecule has 0 atom stereocenters. The number of rotatable bonds is 6. The molecule has 1 amide bonds. The number of carbonyl (C=O) groups excluding carboxylic acids is 1. The topological polar surface area (TPSA) is 97.0 Å². The van der Waals surface area contributed by atoms with Gasteiger partial charge in [0, 0.05) is 34.9 Å². The third-order valence-electron chi connectivity index (χ3n) is 5.04. The average molecular weight is 447 g/mol. The number of nitrogens with zero attached hydrogens (tertiary/aromatic N) is 4. The van der Waals surface area contributed by atoms with Crippen molar-refractivity contribution < 1.29 is 4.79 Å². The molecular formula is C24H23ClN6O. The fourth-order valence-corrected chi connectivity index (χ4v) is 3.82. The van der Waals surface area contributed by atoms with E-state index in [0.29, 0.717) is 5.02 Å². The number of benzene rings is 2. The van der Waals surface area contributed by atoms with Crippen molar-refractivity contribution in [3.05, 3.63) is 82.9 Å². The number of carbonyl (C=O) groups is 1. The second kappa shape index (κ2) is 9.30. The summed E-state index contributed by atoms with van der Waals surface area (Å²) in [6, 6.07) is 15.8. The first kappa shape index (κ1) is 21.7. The number of nitrogens with one attached hydrogen (secondary N) is 1. The van der Waals surface area contributed by atoms with E-state index in [0.717, 1.165) is 39.8 Å². The monoisotopic (exact) mass is 446 g/mol. The van der Waals surface area contributed by atoms with E-state index in [2.05, 4.69) is 32.3 Å². The van der Waals surface area contributed by atoms with Crippen LogP contribution in [0.3, 0.4) is 0 Å². The molecule has 2 heterocycles. The molecule has 162 valence electrons. The number of nitrogen functional groups attached to an aromatic ring is 1. The average Bonchev–Trinajstić information content (AvgIpc) is 2.77. The molecule has 0 bridgehead atoms. The number of halogens is 1. The van der Waals surface area contributed by atoms with E-state index in [1.165, 1.54) is 12.4 Å². The van der Waals surface area contributed by atoms with Crippen LogP contribution in [0.1, 0.15) is 21.7 Å². The summed E-state index contributed by atoms with van der Waals surface area (Å²) in [7, 11) is 4.05. The summed E-state index contributed by atoms with van der Waals surface area (Å²) in [4.78, 5) is 27.6. The van der Waals surface area contributed by atoms with Crippen LogP contribution in [0, 0.1) is 0 Å². The fourth-order valence-electron chi connectivity index (χ4n) is 3.60. The summed E-state index contributed by atoms with van der Waals surface area (Å²) < 4.78 is 0. The van der Waals surface area contributed by atoms with Crippen molar-refractivity contribution in [1.82, 2.24) is 25.2 Å². The Hall–Kier alpha value is -3.55. The van der Waals surface area contributed by atoms with Crippen molar-refractivity contribution in [2.45, 2.75) is 13.1 Å². The predicted molar refractivity (Wildman–Crippen MR) is 127 cm³/mol. The van der Waals surface area contributed by atoms with Crippen LogP contribution in [0.5, 0.6) is 0 Å². The number of hydrogen-bond acceptors (Lipinski definition) is 6. The first-order valence-corrected chi connectivity index (χ1v) is 10.5. The lowest BCUT2D eigenvalue weighted by molar-refractivity contribution is 0.0946. The first-order chi connectivity index (χ1) is 15.4. The van der Waals surface area contributed by atoms with E-state index in [-0.39, 0.29) is 18.1 Å². The Morgan fingerprint density at radius 1 is 1.06 bits per heavy atom. The van der Waals surface area contributed by atoms with Crippen molar-refractivity contribution >= 4 is 34.2 Å². The molecule has 0 fully saturated rings. The molecule has 7 nitrogen and oxygen atoms in total. The van der Waals surface area contributed by atoms with Crippen molar-refractivity contribution in [3.63, 3.8) is 0 Å². The highest BCUT2D eigenvalue weighted by Crippen LogP contribution is 2.32. The Morgan fingerprint density at radius 3 is 2.62 bits per heavy atom. The third kappa shape index (κ3) is 4.54. The maximum atomic E-state index is 12.7. The quantitative estimate of drug-likeness (QED) is 0.466. The molecule has 4 rings (SSSR count). The van der Waals surface area contributed by atoms with Gasteiger partial charge < -0.3 is 16.0 Å². The van der Waals surface area contributed by atoms with Crippen molar-refractivity contribution in [3.8, 4) is 11.1 Å². The molecule has 4 aromatic rings. The third-order valence-corrected chi connectivity index (χ3v) is 5.37. The summed E-state index contributed by atoms with van der Waals surface area (Å²) in [6.07, 6.45) is 2.88. The minimum Gasteiger partial charge on any atom is -0.382 e. The van der Waals surface area contributed by atoms with Gasteiger partial charge in [-0.3, -0.25) is 9.78 Å².